The average molecular weight is 360 g/mol. The van der Waals surface area contributed by atoms with Gasteiger partial charge in [-0.25, -0.2) is 14.8 Å². The van der Waals surface area contributed by atoms with Gasteiger partial charge in [0.05, 0.1) is 5.56 Å². The Morgan fingerprint density at radius 3 is 2.00 bits per heavy atom. The van der Waals surface area contributed by atoms with Crippen LogP contribution in [-0.4, -0.2) is 51.7 Å². The van der Waals surface area contributed by atoms with Crippen molar-refractivity contribution in [2.24, 2.45) is 0 Å². The summed E-state index contributed by atoms with van der Waals surface area (Å²) in [6, 6.07) is -0.319. The molecule has 1 fully saturated rings. The van der Waals surface area contributed by atoms with E-state index in [-0.39, 0.29) is 18.0 Å². The predicted octanol–water partition coefficient (Wildman–Crippen LogP) is 3.33. The summed E-state index contributed by atoms with van der Waals surface area (Å²) in [5, 5.41) is 0. The summed E-state index contributed by atoms with van der Waals surface area (Å²) in [7, 11) is 0. The van der Waals surface area contributed by atoms with E-state index in [1.165, 1.54) is 0 Å². The second-order valence-electron chi connectivity index (χ2n) is 7.26. The lowest BCUT2D eigenvalue weighted by molar-refractivity contribution is -0.138. The van der Waals surface area contributed by atoms with Crippen molar-refractivity contribution in [2.45, 2.75) is 58.5 Å². The van der Waals surface area contributed by atoms with Crippen LogP contribution in [0.4, 0.5) is 23.9 Å². The van der Waals surface area contributed by atoms with Gasteiger partial charge in [0.25, 0.3) is 0 Å². The van der Waals surface area contributed by atoms with E-state index in [2.05, 4.69) is 9.97 Å². The van der Waals surface area contributed by atoms with Crippen LogP contribution in [0, 0.1) is 0 Å². The molecule has 1 aliphatic heterocycles. The van der Waals surface area contributed by atoms with Crippen molar-refractivity contribution in [1.29, 1.82) is 0 Å². The average Bonchev–Trinajstić information content (AvgIpc) is 2.44. The third kappa shape index (κ3) is 4.73. The van der Waals surface area contributed by atoms with Crippen molar-refractivity contribution in [3.05, 3.63) is 18.0 Å². The van der Waals surface area contributed by atoms with E-state index in [0.717, 1.165) is 12.4 Å². The summed E-state index contributed by atoms with van der Waals surface area (Å²) >= 11 is 0. The van der Waals surface area contributed by atoms with Gasteiger partial charge in [-0.1, -0.05) is 0 Å². The number of ether oxygens (including phenoxy) is 1. The number of halogens is 3. The molecule has 0 spiro atoms. The molecule has 1 aromatic heterocycles. The molecule has 1 aliphatic rings. The molecule has 2 atom stereocenters. The first-order chi connectivity index (χ1) is 11.4. The highest BCUT2D eigenvalue weighted by Crippen LogP contribution is 2.29. The van der Waals surface area contributed by atoms with Crippen LogP contribution < -0.4 is 4.90 Å². The third-order valence-corrected chi connectivity index (χ3v) is 3.77. The SMILES string of the molecule is C[C@@H]1CN(C(=O)OC(C)(C)C)C[C@H](C)N1c1ncc(C(F)(F)F)cn1. The van der Waals surface area contributed by atoms with E-state index in [1.807, 2.05) is 18.7 Å². The number of carbonyl (C=O) groups excluding carboxylic acids is 1. The van der Waals surface area contributed by atoms with E-state index in [0.29, 0.717) is 13.1 Å². The Morgan fingerprint density at radius 1 is 1.12 bits per heavy atom. The van der Waals surface area contributed by atoms with Gasteiger partial charge >= 0.3 is 12.3 Å². The van der Waals surface area contributed by atoms with E-state index in [1.54, 1.807) is 25.7 Å². The molecule has 2 heterocycles. The molecule has 0 bridgehead atoms. The highest BCUT2D eigenvalue weighted by molar-refractivity contribution is 5.68. The van der Waals surface area contributed by atoms with Gasteiger partial charge < -0.3 is 14.5 Å². The van der Waals surface area contributed by atoms with Crippen LogP contribution in [0.5, 0.6) is 0 Å². The fourth-order valence-corrected chi connectivity index (χ4v) is 2.79. The summed E-state index contributed by atoms with van der Waals surface area (Å²) in [6.07, 6.45) is -3.31. The Morgan fingerprint density at radius 2 is 1.60 bits per heavy atom. The smallest absolute Gasteiger partial charge is 0.419 e. The second kappa shape index (κ2) is 6.68. The molecule has 1 saturated heterocycles. The maximum absolute atomic E-state index is 12.6. The Hall–Kier alpha value is -2.06. The molecule has 2 rings (SSSR count). The summed E-state index contributed by atoms with van der Waals surface area (Å²) in [4.78, 5) is 23.4. The van der Waals surface area contributed by atoms with Crippen LogP contribution in [0.1, 0.15) is 40.2 Å². The Kier molecular flexibility index (Phi) is 5.15. The van der Waals surface area contributed by atoms with E-state index < -0.39 is 23.4 Å². The van der Waals surface area contributed by atoms with Crippen LogP contribution in [0.15, 0.2) is 12.4 Å². The number of amides is 1. The van der Waals surface area contributed by atoms with Gasteiger partial charge in [-0.2, -0.15) is 13.2 Å². The number of alkyl halides is 3. The molecular formula is C16H23F3N4O2. The fourth-order valence-electron chi connectivity index (χ4n) is 2.79. The first kappa shape index (κ1) is 19.3. The van der Waals surface area contributed by atoms with Gasteiger partial charge in [0.2, 0.25) is 5.95 Å². The minimum Gasteiger partial charge on any atom is -0.444 e. The van der Waals surface area contributed by atoms with Crippen molar-refractivity contribution in [1.82, 2.24) is 14.9 Å². The van der Waals surface area contributed by atoms with Crippen LogP contribution in [-0.2, 0) is 10.9 Å². The van der Waals surface area contributed by atoms with E-state index >= 15 is 0 Å². The first-order valence-electron chi connectivity index (χ1n) is 8.04. The number of hydrogen-bond acceptors (Lipinski definition) is 5. The Bertz CT molecular complexity index is 601. The molecule has 9 heteroatoms. The number of carbonyl (C=O) groups is 1. The molecule has 25 heavy (non-hydrogen) atoms. The van der Waals surface area contributed by atoms with Crippen LogP contribution in [0.3, 0.4) is 0 Å². The van der Waals surface area contributed by atoms with Crippen molar-refractivity contribution < 1.29 is 22.7 Å². The van der Waals surface area contributed by atoms with Crippen molar-refractivity contribution >= 4 is 12.0 Å². The second-order valence-corrected chi connectivity index (χ2v) is 7.26. The van der Waals surface area contributed by atoms with Gasteiger partial charge in [0, 0.05) is 37.6 Å². The standard InChI is InChI=1S/C16H23F3N4O2/c1-10-8-22(14(24)25-15(3,4)5)9-11(2)23(10)13-20-6-12(7-21-13)16(17,18)19/h6-7,10-11H,8-9H2,1-5H3/t10-,11+. The minimum absolute atomic E-state index is 0.159. The van der Waals surface area contributed by atoms with Crippen LogP contribution in [0.25, 0.3) is 0 Å². The van der Waals surface area contributed by atoms with Crippen molar-refractivity contribution in [3.8, 4) is 0 Å². The molecule has 0 saturated carbocycles. The topological polar surface area (TPSA) is 58.6 Å². The molecule has 0 unspecified atom stereocenters. The lowest BCUT2D eigenvalue weighted by atomic mass is 10.1. The van der Waals surface area contributed by atoms with Crippen molar-refractivity contribution in [2.75, 3.05) is 18.0 Å². The summed E-state index contributed by atoms with van der Waals surface area (Å²) in [6.45, 7) is 9.88. The zero-order chi connectivity index (χ0) is 19.0. The zero-order valence-corrected chi connectivity index (χ0v) is 15.0. The van der Waals surface area contributed by atoms with Gasteiger partial charge in [-0.3, -0.25) is 0 Å². The highest BCUT2D eigenvalue weighted by Gasteiger charge is 2.36. The number of rotatable bonds is 1. The van der Waals surface area contributed by atoms with E-state index in [4.69, 9.17) is 4.74 Å². The maximum atomic E-state index is 12.6. The summed E-state index contributed by atoms with van der Waals surface area (Å²) in [5.41, 5.74) is -1.47. The molecule has 0 radical (unpaired) electrons. The molecule has 0 aromatic carbocycles. The van der Waals surface area contributed by atoms with Crippen LogP contribution >= 0.6 is 0 Å². The summed E-state index contributed by atoms with van der Waals surface area (Å²) < 4.78 is 43.3. The van der Waals surface area contributed by atoms with Crippen molar-refractivity contribution in [3.63, 3.8) is 0 Å². The fraction of sp³-hybridized carbons (Fsp3) is 0.688. The van der Waals surface area contributed by atoms with E-state index in [9.17, 15) is 18.0 Å². The maximum Gasteiger partial charge on any atom is 0.419 e. The molecule has 0 aliphatic carbocycles. The number of hydrogen-bond donors (Lipinski definition) is 0. The molecule has 1 aromatic rings. The quantitative estimate of drug-likeness (QED) is 0.769. The normalized spacial score (nSPS) is 22.1. The lowest BCUT2D eigenvalue weighted by Gasteiger charge is -2.44. The monoisotopic (exact) mass is 360 g/mol. The Balaban J connectivity index is 2.11. The Labute approximate surface area is 145 Å². The van der Waals surface area contributed by atoms with Crippen LogP contribution in [0.2, 0.25) is 0 Å². The minimum atomic E-state index is -4.47. The number of anilines is 1. The zero-order valence-electron chi connectivity index (χ0n) is 15.0. The van der Waals surface area contributed by atoms with Gasteiger partial charge in [-0.15, -0.1) is 0 Å². The first-order valence-corrected chi connectivity index (χ1v) is 8.04. The molecular weight excluding hydrogens is 337 g/mol. The number of nitrogens with zero attached hydrogens (tertiary/aromatic N) is 4. The summed E-state index contributed by atoms with van der Waals surface area (Å²) in [5.74, 6) is 0.219. The number of aromatic nitrogens is 2. The lowest BCUT2D eigenvalue weighted by Crippen LogP contribution is -2.59. The largest absolute Gasteiger partial charge is 0.444 e. The van der Waals surface area contributed by atoms with Gasteiger partial charge in [-0.05, 0) is 34.6 Å². The molecule has 6 nitrogen and oxygen atoms in total. The van der Waals surface area contributed by atoms with Gasteiger partial charge in [0.1, 0.15) is 5.60 Å². The molecule has 140 valence electrons. The third-order valence-electron chi connectivity index (χ3n) is 3.77. The highest BCUT2D eigenvalue weighted by atomic mass is 19.4. The number of piperazine rings is 1. The molecule has 0 N–H and O–H groups in total. The molecule has 1 amide bonds. The predicted molar refractivity (Wildman–Crippen MR) is 86.2 cm³/mol. The van der Waals surface area contributed by atoms with Gasteiger partial charge in [0.15, 0.2) is 0 Å².